The van der Waals surface area contributed by atoms with Gasteiger partial charge in [0.25, 0.3) is 11.8 Å². The number of hydrogen-bond donors (Lipinski definition) is 1. The average Bonchev–Trinajstić information content (AvgIpc) is 2.89. The van der Waals surface area contributed by atoms with Crippen LogP contribution in [0.1, 0.15) is 23.7 Å². The van der Waals surface area contributed by atoms with Crippen LogP contribution in [0.2, 0.25) is 0 Å². The zero-order valence-electron chi connectivity index (χ0n) is 19.9. The van der Waals surface area contributed by atoms with Crippen LogP contribution in [-0.2, 0) is 4.79 Å². The van der Waals surface area contributed by atoms with Gasteiger partial charge < -0.3 is 29.2 Å². The van der Waals surface area contributed by atoms with Gasteiger partial charge >= 0.3 is 0 Å². The first kappa shape index (κ1) is 23.9. The molecule has 0 aromatic heterocycles. The molecule has 182 valence electrons. The molecule has 0 aliphatic carbocycles. The van der Waals surface area contributed by atoms with Gasteiger partial charge in [0.15, 0.2) is 6.10 Å². The van der Waals surface area contributed by atoms with E-state index in [1.807, 2.05) is 30.3 Å². The molecule has 0 saturated carbocycles. The molecule has 1 N–H and O–H groups in total. The van der Waals surface area contributed by atoms with Crippen molar-refractivity contribution in [2.24, 2.45) is 0 Å². The number of nitrogens with zero attached hydrogens (tertiary/aromatic N) is 1. The van der Waals surface area contributed by atoms with Gasteiger partial charge in [-0.05, 0) is 55.8 Å². The second-order valence-electron chi connectivity index (χ2n) is 8.00. The SMILES string of the molecule is COc1cc(OC)cc(C(=O)Nc2ccc3c(c2)N(CCCOc2ccccc2)C(=O)C(C)O3)c1. The molecule has 0 radical (unpaired) electrons. The summed E-state index contributed by atoms with van der Waals surface area (Å²) < 4.78 is 22.1. The number of hydrogen-bond acceptors (Lipinski definition) is 6. The highest BCUT2D eigenvalue weighted by atomic mass is 16.5. The number of amides is 2. The minimum atomic E-state index is -0.595. The summed E-state index contributed by atoms with van der Waals surface area (Å²) in [5.74, 6) is 1.92. The summed E-state index contributed by atoms with van der Waals surface area (Å²) in [7, 11) is 3.05. The number of benzene rings is 3. The number of nitrogens with one attached hydrogen (secondary N) is 1. The van der Waals surface area contributed by atoms with Gasteiger partial charge in [0.2, 0.25) is 0 Å². The van der Waals surface area contributed by atoms with Crippen LogP contribution in [0.3, 0.4) is 0 Å². The molecule has 8 heteroatoms. The molecule has 1 aliphatic rings. The molecule has 4 rings (SSSR count). The third-order valence-corrected chi connectivity index (χ3v) is 5.58. The Morgan fingerprint density at radius 2 is 1.69 bits per heavy atom. The highest BCUT2D eigenvalue weighted by Crippen LogP contribution is 2.36. The minimum Gasteiger partial charge on any atom is -0.497 e. The maximum absolute atomic E-state index is 12.9. The van der Waals surface area contributed by atoms with Gasteiger partial charge in [0.05, 0.1) is 26.5 Å². The first-order valence-corrected chi connectivity index (χ1v) is 11.3. The molecule has 1 heterocycles. The number of fused-ring (bicyclic) bond motifs is 1. The molecule has 3 aromatic carbocycles. The van der Waals surface area contributed by atoms with Gasteiger partial charge in [-0.15, -0.1) is 0 Å². The summed E-state index contributed by atoms with van der Waals surface area (Å²) >= 11 is 0. The quantitative estimate of drug-likeness (QED) is 0.457. The average molecular weight is 477 g/mol. The van der Waals surface area contributed by atoms with Crippen molar-refractivity contribution in [3.8, 4) is 23.0 Å². The Labute approximate surface area is 204 Å². The van der Waals surface area contributed by atoms with Crippen molar-refractivity contribution in [3.63, 3.8) is 0 Å². The molecule has 3 aromatic rings. The van der Waals surface area contributed by atoms with E-state index in [2.05, 4.69) is 5.32 Å². The Bertz CT molecular complexity index is 1180. The molecule has 2 amide bonds. The highest BCUT2D eigenvalue weighted by molar-refractivity contribution is 6.06. The third-order valence-electron chi connectivity index (χ3n) is 5.58. The lowest BCUT2D eigenvalue weighted by atomic mass is 10.1. The zero-order chi connectivity index (χ0) is 24.8. The molecular weight excluding hydrogens is 448 g/mol. The Morgan fingerprint density at radius 3 is 2.37 bits per heavy atom. The van der Waals surface area contributed by atoms with E-state index in [1.165, 1.54) is 14.2 Å². The summed E-state index contributed by atoms with van der Waals surface area (Å²) in [6, 6.07) is 19.7. The van der Waals surface area contributed by atoms with E-state index in [0.29, 0.717) is 53.8 Å². The first-order valence-electron chi connectivity index (χ1n) is 11.3. The van der Waals surface area contributed by atoms with E-state index < -0.39 is 6.10 Å². The number of para-hydroxylation sites is 1. The number of methoxy groups -OCH3 is 2. The fraction of sp³-hybridized carbons (Fsp3) is 0.259. The topological polar surface area (TPSA) is 86.3 Å². The van der Waals surface area contributed by atoms with Crippen LogP contribution >= 0.6 is 0 Å². The molecule has 8 nitrogen and oxygen atoms in total. The molecule has 1 unspecified atom stereocenters. The lowest BCUT2D eigenvalue weighted by molar-refractivity contribution is -0.125. The van der Waals surface area contributed by atoms with Crippen molar-refractivity contribution in [2.45, 2.75) is 19.4 Å². The predicted octanol–water partition coefficient (Wildman–Crippen LogP) is 4.54. The Morgan fingerprint density at radius 1 is 0.971 bits per heavy atom. The summed E-state index contributed by atoms with van der Waals surface area (Å²) in [5, 5.41) is 2.88. The molecule has 1 atom stereocenters. The Balaban J connectivity index is 1.48. The number of rotatable bonds is 9. The van der Waals surface area contributed by atoms with Crippen molar-refractivity contribution in [1.29, 1.82) is 0 Å². The smallest absolute Gasteiger partial charge is 0.267 e. The highest BCUT2D eigenvalue weighted by Gasteiger charge is 2.31. The van der Waals surface area contributed by atoms with E-state index in [1.54, 1.807) is 48.2 Å². The summed E-state index contributed by atoms with van der Waals surface area (Å²) in [6.07, 6.45) is 0.0368. The van der Waals surface area contributed by atoms with Gasteiger partial charge in [-0.25, -0.2) is 0 Å². The summed E-state index contributed by atoms with van der Waals surface area (Å²) in [5.41, 5.74) is 1.52. The lowest BCUT2D eigenvalue weighted by Gasteiger charge is -2.33. The molecule has 1 aliphatic heterocycles. The van der Waals surface area contributed by atoms with E-state index in [0.717, 1.165) is 5.75 Å². The maximum atomic E-state index is 12.9. The first-order chi connectivity index (χ1) is 17.0. The minimum absolute atomic E-state index is 0.141. The Kier molecular flexibility index (Phi) is 7.40. The van der Waals surface area contributed by atoms with Crippen LogP contribution < -0.4 is 29.2 Å². The van der Waals surface area contributed by atoms with Gasteiger partial charge in [-0.1, -0.05) is 18.2 Å². The second-order valence-corrected chi connectivity index (χ2v) is 8.00. The van der Waals surface area contributed by atoms with Crippen LogP contribution in [0, 0.1) is 0 Å². The van der Waals surface area contributed by atoms with Crippen molar-refractivity contribution in [1.82, 2.24) is 0 Å². The van der Waals surface area contributed by atoms with Crippen LogP contribution in [-0.4, -0.2) is 45.3 Å². The molecule has 0 spiro atoms. The van der Waals surface area contributed by atoms with Crippen molar-refractivity contribution >= 4 is 23.2 Å². The van der Waals surface area contributed by atoms with E-state index in [4.69, 9.17) is 18.9 Å². The standard InChI is InChI=1S/C27H28N2O6/c1-18-27(31)29(12-7-13-34-21-8-5-4-6-9-21)24-16-20(10-11-25(24)35-18)28-26(30)19-14-22(32-2)17-23(15-19)33-3/h4-6,8-11,14-18H,7,12-13H2,1-3H3,(H,28,30). The molecular formula is C27H28N2O6. The molecule has 0 fully saturated rings. The van der Waals surface area contributed by atoms with Gasteiger partial charge in [0.1, 0.15) is 23.0 Å². The number of carbonyl (C=O) groups excluding carboxylic acids is 2. The van der Waals surface area contributed by atoms with Crippen LogP contribution in [0.4, 0.5) is 11.4 Å². The largest absolute Gasteiger partial charge is 0.497 e. The summed E-state index contributed by atoms with van der Waals surface area (Å²) in [6.45, 7) is 2.65. The Hall–Kier alpha value is -4.20. The van der Waals surface area contributed by atoms with E-state index in [-0.39, 0.29) is 11.8 Å². The summed E-state index contributed by atoms with van der Waals surface area (Å²) in [4.78, 5) is 27.5. The van der Waals surface area contributed by atoms with Crippen LogP contribution in [0.25, 0.3) is 0 Å². The lowest BCUT2D eigenvalue weighted by Crippen LogP contribution is -2.45. The normalized spacial score (nSPS) is 14.5. The number of anilines is 2. The number of ether oxygens (including phenoxy) is 4. The second kappa shape index (κ2) is 10.8. The monoisotopic (exact) mass is 476 g/mol. The van der Waals surface area contributed by atoms with Crippen molar-refractivity contribution in [2.75, 3.05) is 37.6 Å². The van der Waals surface area contributed by atoms with Gasteiger partial charge in [-0.3, -0.25) is 9.59 Å². The maximum Gasteiger partial charge on any atom is 0.267 e. The fourth-order valence-electron chi connectivity index (χ4n) is 3.79. The molecule has 35 heavy (non-hydrogen) atoms. The fourth-order valence-corrected chi connectivity index (χ4v) is 3.79. The molecule has 0 saturated heterocycles. The molecule has 0 bridgehead atoms. The van der Waals surface area contributed by atoms with E-state index in [9.17, 15) is 9.59 Å². The van der Waals surface area contributed by atoms with Gasteiger partial charge in [0, 0.05) is 23.9 Å². The van der Waals surface area contributed by atoms with Crippen molar-refractivity contribution in [3.05, 3.63) is 72.3 Å². The van der Waals surface area contributed by atoms with Gasteiger partial charge in [-0.2, -0.15) is 0 Å². The van der Waals surface area contributed by atoms with Crippen LogP contribution in [0.5, 0.6) is 23.0 Å². The van der Waals surface area contributed by atoms with Crippen LogP contribution in [0.15, 0.2) is 66.7 Å². The predicted molar refractivity (Wildman–Crippen MR) is 133 cm³/mol. The van der Waals surface area contributed by atoms with E-state index >= 15 is 0 Å². The zero-order valence-corrected chi connectivity index (χ0v) is 19.9. The van der Waals surface area contributed by atoms with Crippen molar-refractivity contribution < 1.29 is 28.5 Å². The number of carbonyl (C=O) groups is 2. The third kappa shape index (κ3) is 5.66.